The molecule has 1 heterocycles. The van der Waals surface area contributed by atoms with Crippen LogP contribution in [0, 0.1) is 0 Å². The van der Waals surface area contributed by atoms with E-state index in [2.05, 4.69) is 29.2 Å². The molecule has 0 aromatic carbocycles. The maximum Gasteiger partial charge on any atom is 0.150 e. The van der Waals surface area contributed by atoms with Crippen LogP contribution in [0.4, 0.5) is 0 Å². The van der Waals surface area contributed by atoms with E-state index >= 15 is 0 Å². The van der Waals surface area contributed by atoms with Crippen LogP contribution in [0.2, 0.25) is 0 Å². The van der Waals surface area contributed by atoms with Crippen LogP contribution in [0.1, 0.15) is 31.9 Å². The third kappa shape index (κ3) is 3.28. The summed E-state index contributed by atoms with van der Waals surface area (Å²) in [5, 5.41) is 16.6. The first-order valence-electron chi connectivity index (χ1n) is 5.95. The number of hydrogen-bond donors (Lipinski definition) is 2. The zero-order valence-electron chi connectivity index (χ0n) is 10.4. The normalized spacial score (nSPS) is 13.0. The highest BCUT2D eigenvalue weighted by Gasteiger charge is 2.12. The molecular weight excluding hydrogens is 204 g/mol. The number of likely N-dealkylation sites (N-methyl/N-ethyl adjacent to an activating group) is 1. The molecule has 5 nitrogen and oxygen atoms in total. The lowest BCUT2D eigenvalue weighted by Crippen LogP contribution is -2.32. The van der Waals surface area contributed by atoms with Crippen molar-refractivity contribution in [3.63, 3.8) is 0 Å². The second-order valence-corrected chi connectivity index (χ2v) is 3.83. The Morgan fingerprint density at radius 2 is 2.12 bits per heavy atom. The second-order valence-electron chi connectivity index (χ2n) is 3.83. The Bertz CT molecular complexity index is 311. The molecule has 0 saturated carbocycles. The van der Waals surface area contributed by atoms with Gasteiger partial charge in [-0.05, 0) is 13.5 Å². The highest BCUT2D eigenvalue weighted by Crippen LogP contribution is 2.03. The summed E-state index contributed by atoms with van der Waals surface area (Å²) in [5.41, 5.74) is 0. The molecule has 1 unspecified atom stereocenters. The lowest BCUT2D eigenvalue weighted by atomic mass is 10.2. The molecule has 0 amide bonds. The molecule has 1 rings (SSSR count). The van der Waals surface area contributed by atoms with Gasteiger partial charge in [0.1, 0.15) is 5.82 Å². The number of nitrogens with one attached hydrogen (secondary N) is 1. The Labute approximate surface area is 96.9 Å². The summed E-state index contributed by atoms with van der Waals surface area (Å²) in [6.07, 6.45) is 2.49. The zero-order valence-corrected chi connectivity index (χ0v) is 10.4. The fourth-order valence-corrected chi connectivity index (χ4v) is 1.68. The third-order valence-corrected chi connectivity index (χ3v) is 2.70. The lowest BCUT2D eigenvalue weighted by Gasteiger charge is -2.15. The van der Waals surface area contributed by atoms with Crippen LogP contribution in [-0.4, -0.2) is 39.6 Å². The van der Waals surface area contributed by atoms with Gasteiger partial charge < -0.3 is 10.4 Å². The first-order chi connectivity index (χ1) is 7.74. The average molecular weight is 226 g/mol. The molecule has 0 radical (unpaired) electrons. The number of aliphatic hydroxyl groups is 1. The molecule has 0 aliphatic carbocycles. The van der Waals surface area contributed by atoms with Crippen LogP contribution in [-0.2, 0) is 19.4 Å². The van der Waals surface area contributed by atoms with Crippen molar-refractivity contribution < 1.29 is 5.11 Å². The van der Waals surface area contributed by atoms with E-state index in [0.717, 1.165) is 37.5 Å². The van der Waals surface area contributed by atoms with Gasteiger partial charge in [-0.2, -0.15) is 5.10 Å². The number of aryl methyl sites for hydroxylation is 2. The van der Waals surface area contributed by atoms with E-state index in [1.165, 1.54) is 0 Å². The van der Waals surface area contributed by atoms with Crippen molar-refractivity contribution in [2.24, 2.45) is 0 Å². The first-order valence-corrected chi connectivity index (χ1v) is 5.95. The molecule has 0 aliphatic rings. The summed E-state index contributed by atoms with van der Waals surface area (Å²) in [6.45, 7) is 5.11. The molecule has 0 spiro atoms. The molecule has 0 saturated heterocycles. The van der Waals surface area contributed by atoms with E-state index in [1.54, 1.807) is 0 Å². The second kappa shape index (κ2) is 6.60. The number of nitrogens with zero attached hydrogens (tertiary/aromatic N) is 3. The van der Waals surface area contributed by atoms with E-state index < -0.39 is 0 Å². The Hall–Kier alpha value is -0.940. The molecule has 92 valence electrons. The van der Waals surface area contributed by atoms with Crippen molar-refractivity contribution in [3.05, 3.63) is 11.6 Å². The molecule has 0 fully saturated rings. The summed E-state index contributed by atoms with van der Waals surface area (Å²) in [4.78, 5) is 4.46. The topological polar surface area (TPSA) is 63.0 Å². The van der Waals surface area contributed by atoms with Gasteiger partial charge >= 0.3 is 0 Å². The molecule has 1 aromatic rings. The van der Waals surface area contributed by atoms with E-state index in [0.29, 0.717) is 0 Å². The van der Waals surface area contributed by atoms with Crippen molar-refractivity contribution >= 4 is 0 Å². The highest BCUT2D eigenvalue weighted by molar-refractivity contribution is 4.93. The SMILES string of the molecule is CCc1nc(CC)n(CC(CCO)NC)n1. The van der Waals surface area contributed by atoms with E-state index in [4.69, 9.17) is 5.11 Å². The number of aliphatic hydroxyl groups excluding tert-OH is 1. The third-order valence-electron chi connectivity index (χ3n) is 2.70. The fourth-order valence-electron chi connectivity index (χ4n) is 1.68. The van der Waals surface area contributed by atoms with Crippen molar-refractivity contribution in [3.8, 4) is 0 Å². The van der Waals surface area contributed by atoms with Crippen molar-refractivity contribution in [1.82, 2.24) is 20.1 Å². The first kappa shape index (κ1) is 13.1. The largest absolute Gasteiger partial charge is 0.396 e. The average Bonchev–Trinajstić information content (AvgIpc) is 2.70. The Morgan fingerprint density at radius 1 is 1.38 bits per heavy atom. The van der Waals surface area contributed by atoms with E-state index in [9.17, 15) is 0 Å². The highest BCUT2D eigenvalue weighted by atomic mass is 16.3. The molecule has 5 heteroatoms. The summed E-state index contributed by atoms with van der Waals surface area (Å²) >= 11 is 0. The van der Waals surface area contributed by atoms with Crippen LogP contribution < -0.4 is 5.32 Å². The van der Waals surface area contributed by atoms with Gasteiger partial charge in [0.15, 0.2) is 5.82 Å². The number of hydrogen-bond acceptors (Lipinski definition) is 4. The van der Waals surface area contributed by atoms with Gasteiger partial charge in [-0.3, -0.25) is 0 Å². The Kier molecular flexibility index (Phi) is 5.42. The Morgan fingerprint density at radius 3 is 2.62 bits per heavy atom. The van der Waals surface area contributed by atoms with Gasteiger partial charge in [-0.25, -0.2) is 9.67 Å². The van der Waals surface area contributed by atoms with Crippen LogP contribution in [0.5, 0.6) is 0 Å². The van der Waals surface area contributed by atoms with Gasteiger partial charge in [0.2, 0.25) is 0 Å². The predicted molar refractivity (Wildman–Crippen MR) is 63.3 cm³/mol. The number of aromatic nitrogens is 3. The van der Waals surface area contributed by atoms with Crippen LogP contribution in [0.3, 0.4) is 0 Å². The summed E-state index contributed by atoms with van der Waals surface area (Å²) in [7, 11) is 1.91. The van der Waals surface area contributed by atoms with Crippen molar-refractivity contribution in [2.45, 2.75) is 45.7 Å². The number of rotatable bonds is 7. The zero-order chi connectivity index (χ0) is 12.0. The minimum Gasteiger partial charge on any atom is -0.396 e. The smallest absolute Gasteiger partial charge is 0.150 e. The van der Waals surface area contributed by atoms with Crippen molar-refractivity contribution in [2.75, 3.05) is 13.7 Å². The monoisotopic (exact) mass is 226 g/mol. The molecule has 16 heavy (non-hydrogen) atoms. The summed E-state index contributed by atoms with van der Waals surface area (Å²) in [5.74, 6) is 1.92. The minimum atomic E-state index is 0.197. The molecule has 1 atom stereocenters. The van der Waals surface area contributed by atoms with Crippen LogP contribution >= 0.6 is 0 Å². The quantitative estimate of drug-likeness (QED) is 0.705. The standard InChI is InChI=1S/C11H22N4O/c1-4-10-13-11(5-2)15(14-10)8-9(12-3)6-7-16/h9,12,16H,4-8H2,1-3H3. The molecule has 2 N–H and O–H groups in total. The van der Waals surface area contributed by atoms with Crippen LogP contribution in [0.25, 0.3) is 0 Å². The van der Waals surface area contributed by atoms with Gasteiger partial charge in [0.25, 0.3) is 0 Å². The molecule has 0 bridgehead atoms. The van der Waals surface area contributed by atoms with Gasteiger partial charge in [0, 0.05) is 25.5 Å². The molecule has 0 aliphatic heterocycles. The lowest BCUT2D eigenvalue weighted by molar-refractivity contribution is 0.257. The van der Waals surface area contributed by atoms with Gasteiger partial charge in [-0.1, -0.05) is 13.8 Å². The van der Waals surface area contributed by atoms with E-state index in [1.807, 2.05) is 11.7 Å². The van der Waals surface area contributed by atoms with Gasteiger partial charge in [-0.15, -0.1) is 0 Å². The predicted octanol–water partition coefficient (Wildman–Crippen LogP) is 0.373. The Balaban J connectivity index is 2.73. The minimum absolute atomic E-state index is 0.197. The van der Waals surface area contributed by atoms with E-state index in [-0.39, 0.29) is 12.6 Å². The maximum absolute atomic E-state index is 8.94. The van der Waals surface area contributed by atoms with Crippen molar-refractivity contribution in [1.29, 1.82) is 0 Å². The maximum atomic E-state index is 8.94. The van der Waals surface area contributed by atoms with Crippen LogP contribution in [0.15, 0.2) is 0 Å². The molecule has 1 aromatic heterocycles. The molecular formula is C11H22N4O. The fraction of sp³-hybridized carbons (Fsp3) is 0.818. The summed E-state index contributed by atoms with van der Waals surface area (Å²) in [6, 6.07) is 0.252. The summed E-state index contributed by atoms with van der Waals surface area (Å²) < 4.78 is 1.95. The van der Waals surface area contributed by atoms with Gasteiger partial charge in [0.05, 0.1) is 6.54 Å².